The molecule has 1 unspecified atom stereocenters. The van der Waals surface area contributed by atoms with Gasteiger partial charge < -0.3 is 5.32 Å². The minimum atomic E-state index is -4.46. The lowest BCUT2D eigenvalue weighted by atomic mass is 10.1. The maximum Gasteiger partial charge on any atom is 0.416 e. The highest BCUT2D eigenvalue weighted by Gasteiger charge is 2.30. The number of nitrogens with zero attached hydrogens (tertiary/aromatic N) is 4. The second kappa shape index (κ2) is 7.56. The topological polar surface area (TPSA) is 72.7 Å². The number of tetrazole rings is 1. The molecule has 0 fully saturated rings. The summed E-state index contributed by atoms with van der Waals surface area (Å²) in [7, 11) is 0. The normalized spacial score (nSPS) is 12.6. The Labute approximate surface area is 153 Å². The Balaban J connectivity index is 1.67. The second-order valence-corrected chi connectivity index (χ2v) is 5.92. The fraction of sp³-hybridized carbons (Fsp3) is 0.222. The van der Waals surface area contributed by atoms with Gasteiger partial charge in [0.25, 0.3) is 0 Å². The molecule has 0 saturated carbocycles. The molecule has 1 N–H and O–H groups in total. The van der Waals surface area contributed by atoms with Gasteiger partial charge in [-0.25, -0.2) is 0 Å². The van der Waals surface area contributed by atoms with E-state index in [0.29, 0.717) is 0 Å². The van der Waals surface area contributed by atoms with Crippen molar-refractivity contribution in [3.8, 4) is 11.4 Å². The highest BCUT2D eigenvalue weighted by molar-refractivity contribution is 5.76. The van der Waals surface area contributed by atoms with E-state index in [2.05, 4.69) is 20.7 Å². The van der Waals surface area contributed by atoms with Crippen molar-refractivity contribution < 1.29 is 18.0 Å². The average molecular weight is 375 g/mol. The second-order valence-electron chi connectivity index (χ2n) is 5.92. The number of carbonyl (C=O) groups is 1. The smallest absolute Gasteiger partial charge is 0.348 e. The van der Waals surface area contributed by atoms with Crippen molar-refractivity contribution in [2.24, 2.45) is 0 Å². The fourth-order valence-electron chi connectivity index (χ4n) is 2.50. The van der Waals surface area contributed by atoms with E-state index in [1.807, 2.05) is 37.3 Å². The average Bonchev–Trinajstić information content (AvgIpc) is 3.10. The van der Waals surface area contributed by atoms with Crippen LogP contribution in [0.25, 0.3) is 11.4 Å². The SMILES string of the molecule is CC(NC(=O)Cn1nnc(-c2cccc(C(F)(F)F)c2)n1)c1ccccc1. The Hall–Kier alpha value is -3.23. The van der Waals surface area contributed by atoms with Crippen LogP contribution >= 0.6 is 0 Å². The van der Waals surface area contributed by atoms with Crippen molar-refractivity contribution in [3.05, 3.63) is 65.7 Å². The molecule has 1 atom stereocenters. The van der Waals surface area contributed by atoms with Crippen molar-refractivity contribution in [2.45, 2.75) is 25.7 Å². The Morgan fingerprint density at radius 2 is 1.89 bits per heavy atom. The van der Waals surface area contributed by atoms with Gasteiger partial charge in [0.15, 0.2) is 0 Å². The van der Waals surface area contributed by atoms with E-state index in [9.17, 15) is 18.0 Å². The van der Waals surface area contributed by atoms with Gasteiger partial charge in [0.05, 0.1) is 11.6 Å². The summed E-state index contributed by atoms with van der Waals surface area (Å²) < 4.78 is 38.4. The molecule has 0 aliphatic heterocycles. The van der Waals surface area contributed by atoms with Crippen molar-refractivity contribution >= 4 is 5.91 Å². The zero-order chi connectivity index (χ0) is 19.4. The number of hydrogen-bond donors (Lipinski definition) is 1. The molecular weight excluding hydrogens is 359 g/mol. The third-order valence-corrected chi connectivity index (χ3v) is 3.86. The molecule has 0 bridgehead atoms. The summed E-state index contributed by atoms with van der Waals surface area (Å²) in [4.78, 5) is 13.2. The summed E-state index contributed by atoms with van der Waals surface area (Å²) in [6, 6.07) is 13.8. The molecule has 2 aromatic carbocycles. The lowest BCUT2D eigenvalue weighted by Crippen LogP contribution is -2.30. The van der Waals surface area contributed by atoms with Crippen molar-refractivity contribution in [1.29, 1.82) is 0 Å². The molecule has 6 nitrogen and oxygen atoms in total. The van der Waals surface area contributed by atoms with E-state index in [4.69, 9.17) is 0 Å². The molecule has 1 heterocycles. The molecule has 140 valence electrons. The lowest BCUT2D eigenvalue weighted by molar-refractivity contribution is -0.137. The van der Waals surface area contributed by atoms with Gasteiger partial charge in [0, 0.05) is 5.56 Å². The van der Waals surface area contributed by atoms with Gasteiger partial charge in [0.1, 0.15) is 6.54 Å². The van der Waals surface area contributed by atoms with Crippen molar-refractivity contribution in [3.63, 3.8) is 0 Å². The van der Waals surface area contributed by atoms with E-state index in [1.54, 1.807) is 0 Å². The molecule has 0 spiro atoms. The first kappa shape index (κ1) is 18.6. The van der Waals surface area contributed by atoms with Gasteiger partial charge in [-0.05, 0) is 29.8 Å². The summed E-state index contributed by atoms with van der Waals surface area (Å²) in [6.45, 7) is 1.65. The summed E-state index contributed by atoms with van der Waals surface area (Å²) >= 11 is 0. The largest absolute Gasteiger partial charge is 0.416 e. The standard InChI is InChI=1S/C18H16F3N5O/c1-12(13-6-3-2-4-7-13)22-16(27)11-26-24-17(23-25-26)14-8-5-9-15(10-14)18(19,20)21/h2-10,12H,11H2,1H3,(H,22,27). The first-order chi connectivity index (χ1) is 12.8. The van der Waals surface area contributed by atoms with Crippen LogP contribution in [0.4, 0.5) is 13.2 Å². The maximum absolute atomic E-state index is 12.8. The first-order valence-corrected chi connectivity index (χ1v) is 8.12. The monoisotopic (exact) mass is 375 g/mol. The Morgan fingerprint density at radius 3 is 2.59 bits per heavy atom. The molecule has 3 rings (SSSR count). The highest BCUT2D eigenvalue weighted by Crippen LogP contribution is 2.31. The van der Waals surface area contributed by atoms with Gasteiger partial charge in [-0.3, -0.25) is 4.79 Å². The van der Waals surface area contributed by atoms with Crippen LogP contribution in [0.2, 0.25) is 0 Å². The van der Waals surface area contributed by atoms with Gasteiger partial charge in [0.2, 0.25) is 11.7 Å². The quantitative estimate of drug-likeness (QED) is 0.743. The Kier molecular flexibility index (Phi) is 5.20. The van der Waals surface area contributed by atoms with Crippen LogP contribution in [0.5, 0.6) is 0 Å². The third kappa shape index (κ3) is 4.69. The first-order valence-electron chi connectivity index (χ1n) is 8.12. The van der Waals surface area contributed by atoms with Crippen molar-refractivity contribution in [1.82, 2.24) is 25.5 Å². The lowest BCUT2D eigenvalue weighted by Gasteiger charge is -2.13. The van der Waals surface area contributed by atoms with Crippen LogP contribution in [-0.2, 0) is 17.5 Å². The van der Waals surface area contributed by atoms with Crippen LogP contribution in [0.3, 0.4) is 0 Å². The maximum atomic E-state index is 12.8. The molecule has 0 radical (unpaired) electrons. The van der Waals surface area contributed by atoms with Crippen LogP contribution in [0.15, 0.2) is 54.6 Å². The minimum Gasteiger partial charge on any atom is -0.348 e. The summed E-state index contributed by atoms with van der Waals surface area (Å²) in [5.74, 6) is -0.315. The number of nitrogens with one attached hydrogen (secondary N) is 1. The number of aromatic nitrogens is 4. The molecule has 0 saturated heterocycles. The predicted octanol–water partition coefficient (Wildman–Crippen LogP) is 3.24. The van der Waals surface area contributed by atoms with E-state index >= 15 is 0 Å². The number of alkyl halides is 3. The van der Waals surface area contributed by atoms with Gasteiger partial charge in [-0.1, -0.05) is 42.5 Å². The summed E-state index contributed by atoms with van der Waals surface area (Å²) in [5.41, 5.74) is 0.321. The summed E-state index contributed by atoms with van der Waals surface area (Å²) in [6.07, 6.45) is -4.46. The molecule has 0 aliphatic rings. The van der Waals surface area contributed by atoms with Crippen LogP contribution < -0.4 is 5.32 Å². The fourth-order valence-corrected chi connectivity index (χ4v) is 2.50. The number of amides is 1. The molecular formula is C18H16F3N5O. The van der Waals surface area contributed by atoms with E-state index in [-0.39, 0.29) is 29.9 Å². The number of rotatable bonds is 5. The zero-order valence-electron chi connectivity index (χ0n) is 14.3. The molecule has 1 amide bonds. The van der Waals surface area contributed by atoms with E-state index in [1.165, 1.54) is 12.1 Å². The van der Waals surface area contributed by atoms with Crippen LogP contribution in [0.1, 0.15) is 24.1 Å². The van der Waals surface area contributed by atoms with E-state index in [0.717, 1.165) is 22.5 Å². The van der Waals surface area contributed by atoms with E-state index < -0.39 is 11.7 Å². The summed E-state index contributed by atoms with van der Waals surface area (Å²) in [5, 5.41) is 14.3. The highest BCUT2D eigenvalue weighted by atomic mass is 19.4. The number of benzene rings is 2. The zero-order valence-corrected chi connectivity index (χ0v) is 14.3. The molecule has 1 aromatic heterocycles. The van der Waals surface area contributed by atoms with Gasteiger partial charge >= 0.3 is 6.18 Å². The number of carbonyl (C=O) groups excluding carboxylic acids is 1. The molecule has 0 aliphatic carbocycles. The Bertz CT molecular complexity index is 924. The third-order valence-electron chi connectivity index (χ3n) is 3.86. The predicted molar refractivity (Wildman–Crippen MR) is 91.3 cm³/mol. The number of hydrogen-bond acceptors (Lipinski definition) is 4. The van der Waals surface area contributed by atoms with Gasteiger partial charge in [-0.15, -0.1) is 10.2 Å². The molecule has 27 heavy (non-hydrogen) atoms. The molecule has 9 heteroatoms. The number of halogens is 3. The van der Waals surface area contributed by atoms with Gasteiger partial charge in [-0.2, -0.15) is 18.0 Å². The Morgan fingerprint density at radius 1 is 1.15 bits per heavy atom. The van der Waals surface area contributed by atoms with Crippen molar-refractivity contribution in [2.75, 3.05) is 0 Å². The van der Waals surface area contributed by atoms with Crippen LogP contribution in [0, 0.1) is 0 Å². The molecule has 3 aromatic rings. The van der Waals surface area contributed by atoms with Crippen LogP contribution in [-0.4, -0.2) is 26.1 Å². The minimum absolute atomic E-state index is 0.0185.